The average Bonchev–Trinajstić information content (AvgIpc) is 2.75. The SMILES string of the molecule is CN([C@H](C(=O)Nc1ccc(S(=O)(=O)N2CCCCC2)cc1)c1ccccc1)S(C)(=O)=O. The molecule has 0 spiro atoms. The second-order valence-corrected chi connectivity index (χ2v) is 11.6. The van der Waals surface area contributed by atoms with Gasteiger partial charge < -0.3 is 5.32 Å². The Morgan fingerprint density at radius 3 is 2.06 bits per heavy atom. The lowest BCUT2D eigenvalue weighted by molar-refractivity contribution is -0.119. The third-order valence-electron chi connectivity index (χ3n) is 5.33. The van der Waals surface area contributed by atoms with Crippen LogP contribution >= 0.6 is 0 Å². The monoisotopic (exact) mass is 465 g/mol. The molecule has 0 aromatic heterocycles. The van der Waals surface area contributed by atoms with Crippen molar-refractivity contribution in [2.45, 2.75) is 30.2 Å². The number of amides is 1. The molecule has 2 aromatic rings. The second kappa shape index (κ2) is 9.47. The number of sulfonamides is 2. The van der Waals surface area contributed by atoms with Gasteiger partial charge in [0.2, 0.25) is 26.0 Å². The number of nitrogens with zero attached hydrogens (tertiary/aromatic N) is 2. The number of anilines is 1. The fraction of sp³-hybridized carbons (Fsp3) is 0.381. The summed E-state index contributed by atoms with van der Waals surface area (Å²) in [6.07, 6.45) is 3.77. The summed E-state index contributed by atoms with van der Waals surface area (Å²) in [7, 11) is -5.86. The van der Waals surface area contributed by atoms with E-state index in [-0.39, 0.29) is 4.90 Å². The van der Waals surface area contributed by atoms with Crippen LogP contribution in [0.15, 0.2) is 59.5 Å². The van der Waals surface area contributed by atoms with Crippen molar-refractivity contribution < 1.29 is 21.6 Å². The minimum atomic E-state index is -3.64. The number of carbonyl (C=O) groups is 1. The van der Waals surface area contributed by atoms with E-state index in [9.17, 15) is 21.6 Å². The highest BCUT2D eigenvalue weighted by Gasteiger charge is 2.31. The van der Waals surface area contributed by atoms with Crippen LogP contribution in [-0.4, -0.2) is 57.7 Å². The Morgan fingerprint density at radius 2 is 1.52 bits per heavy atom. The van der Waals surface area contributed by atoms with Crippen LogP contribution in [0.5, 0.6) is 0 Å². The number of likely N-dealkylation sites (N-methyl/N-ethyl adjacent to an activating group) is 1. The van der Waals surface area contributed by atoms with Crippen molar-refractivity contribution in [3.05, 3.63) is 60.2 Å². The summed E-state index contributed by atoms with van der Waals surface area (Å²) in [4.78, 5) is 13.2. The zero-order valence-corrected chi connectivity index (χ0v) is 19.2. The van der Waals surface area contributed by atoms with Crippen molar-refractivity contribution in [2.24, 2.45) is 0 Å². The van der Waals surface area contributed by atoms with E-state index in [4.69, 9.17) is 0 Å². The van der Waals surface area contributed by atoms with Crippen LogP contribution in [0.2, 0.25) is 0 Å². The van der Waals surface area contributed by atoms with Crippen LogP contribution in [0.3, 0.4) is 0 Å². The zero-order chi connectivity index (χ0) is 22.6. The van der Waals surface area contributed by atoms with Crippen LogP contribution in [0.25, 0.3) is 0 Å². The van der Waals surface area contributed by atoms with Crippen molar-refractivity contribution in [1.29, 1.82) is 0 Å². The summed E-state index contributed by atoms with van der Waals surface area (Å²) < 4.78 is 52.2. The normalized spacial score (nSPS) is 16.7. The summed E-state index contributed by atoms with van der Waals surface area (Å²) in [6.45, 7) is 1.02. The van der Waals surface area contributed by atoms with Crippen LogP contribution in [0.4, 0.5) is 5.69 Å². The number of hydrogen-bond donors (Lipinski definition) is 1. The summed E-state index contributed by atoms with van der Waals surface area (Å²) in [5, 5.41) is 2.70. The van der Waals surface area contributed by atoms with Crippen LogP contribution in [-0.2, 0) is 24.8 Å². The maximum Gasteiger partial charge on any atom is 0.247 e. The first-order chi connectivity index (χ1) is 14.6. The minimum absolute atomic E-state index is 0.167. The summed E-state index contributed by atoms with van der Waals surface area (Å²) >= 11 is 0. The van der Waals surface area contributed by atoms with E-state index >= 15 is 0 Å². The average molecular weight is 466 g/mol. The van der Waals surface area contributed by atoms with Gasteiger partial charge in [-0.15, -0.1) is 0 Å². The van der Waals surface area contributed by atoms with Gasteiger partial charge in [-0.05, 0) is 42.7 Å². The molecule has 0 radical (unpaired) electrons. The van der Waals surface area contributed by atoms with Gasteiger partial charge in [0.25, 0.3) is 0 Å². The largest absolute Gasteiger partial charge is 0.324 e. The third-order valence-corrected chi connectivity index (χ3v) is 8.49. The lowest BCUT2D eigenvalue weighted by Gasteiger charge is -2.26. The highest BCUT2D eigenvalue weighted by molar-refractivity contribution is 7.89. The van der Waals surface area contributed by atoms with Gasteiger partial charge in [0.05, 0.1) is 11.2 Å². The van der Waals surface area contributed by atoms with Crippen molar-refractivity contribution in [2.75, 3.05) is 31.7 Å². The van der Waals surface area contributed by atoms with Crippen LogP contribution in [0.1, 0.15) is 30.9 Å². The highest BCUT2D eigenvalue weighted by Crippen LogP contribution is 2.25. The van der Waals surface area contributed by atoms with E-state index in [2.05, 4.69) is 5.32 Å². The molecule has 1 heterocycles. The van der Waals surface area contributed by atoms with E-state index in [1.54, 1.807) is 30.3 Å². The molecule has 1 aliphatic heterocycles. The molecule has 2 aromatic carbocycles. The molecular formula is C21H27N3O5S2. The fourth-order valence-corrected chi connectivity index (χ4v) is 5.65. The zero-order valence-electron chi connectivity index (χ0n) is 17.6. The van der Waals surface area contributed by atoms with Gasteiger partial charge >= 0.3 is 0 Å². The lowest BCUT2D eigenvalue weighted by Crippen LogP contribution is -2.38. The first kappa shape index (κ1) is 23.4. The number of hydrogen-bond acceptors (Lipinski definition) is 5. The van der Waals surface area contributed by atoms with Gasteiger partial charge in [0.15, 0.2) is 0 Å². The molecule has 1 amide bonds. The highest BCUT2D eigenvalue weighted by atomic mass is 32.2. The van der Waals surface area contributed by atoms with Gasteiger partial charge in [-0.25, -0.2) is 16.8 Å². The van der Waals surface area contributed by atoms with Crippen molar-refractivity contribution in [3.63, 3.8) is 0 Å². The Kier molecular flexibility index (Phi) is 7.15. The molecule has 10 heteroatoms. The molecule has 1 saturated heterocycles. The molecule has 0 aliphatic carbocycles. The minimum Gasteiger partial charge on any atom is -0.324 e. The molecule has 1 aliphatic rings. The maximum absolute atomic E-state index is 13.0. The summed E-state index contributed by atoms with van der Waals surface area (Å²) in [5.74, 6) is -0.536. The first-order valence-electron chi connectivity index (χ1n) is 10.00. The molecule has 8 nitrogen and oxygen atoms in total. The Labute approximate surface area is 184 Å². The van der Waals surface area contributed by atoms with Crippen molar-refractivity contribution in [1.82, 2.24) is 8.61 Å². The van der Waals surface area contributed by atoms with E-state index < -0.39 is 32.0 Å². The number of rotatable bonds is 7. The van der Waals surface area contributed by atoms with Crippen LogP contribution < -0.4 is 5.32 Å². The third kappa shape index (κ3) is 5.51. The van der Waals surface area contributed by atoms with Crippen molar-refractivity contribution >= 4 is 31.6 Å². The molecule has 1 atom stereocenters. The Balaban J connectivity index is 1.81. The van der Waals surface area contributed by atoms with E-state index in [0.29, 0.717) is 24.3 Å². The number of piperidine rings is 1. The molecule has 0 bridgehead atoms. The first-order valence-corrected chi connectivity index (χ1v) is 13.3. The Bertz CT molecular complexity index is 1110. The topological polar surface area (TPSA) is 104 Å². The Morgan fingerprint density at radius 1 is 0.935 bits per heavy atom. The summed E-state index contributed by atoms with van der Waals surface area (Å²) in [6, 6.07) is 13.5. The standard InChI is InChI=1S/C21H27N3O5S2/c1-23(30(2,26)27)20(17-9-5-3-6-10-17)21(25)22-18-11-13-19(14-12-18)31(28,29)24-15-7-4-8-16-24/h3,5-6,9-14,20H,4,7-8,15-16H2,1-2H3,(H,22,25)/t20-/m0/s1. The van der Waals surface area contributed by atoms with E-state index in [0.717, 1.165) is 29.8 Å². The van der Waals surface area contributed by atoms with E-state index in [1.165, 1.54) is 35.6 Å². The smallest absolute Gasteiger partial charge is 0.247 e. The second-order valence-electron chi connectivity index (χ2n) is 7.57. The number of nitrogens with one attached hydrogen (secondary N) is 1. The molecule has 0 unspecified atom stereocenters. The van der Waals surface area contributed by atoms with Crippen LogP contribution in [0, 0.1) is 0 Å². The van der Waals surface area contributed by atoms with Crippen molar-refractivity contribution in [3.8, 4) is 0 Å². The maximum atomic E-state index is 13.0. The quantitative estimate of drug-likeness (QED) is 0.676. The van der Waals surface area contributed by atoms with Gasteiger partial charge in [0, 0.05) is 25.8 Å². The predicted octanol–water partition coefficient (Wildman–Crippen LogP) is 2.43. The summed E-state index contributed by atoms with van der Waals surface area (Å²) in [5.41, 5.74) is 0.905. The molecule has 168 valence electrons. The van der Waals surface area contributed by atoms with Gasteiger partial charge in [-0.1, -0.05) is 36.8 Å². The molecular weight excluding hydrogens is 438 g/mol. The molecule has 0 saturated carbocycles. The predicted molar refractivity (Wildman–Crippen MR) is 119 cm³/mol. The van der Waals surface area contributed by atoms with Gasteiger partial charge in [-0.2, -0.15) is 8.61 Å². The lowest BCUT2D eigenvalue weighted by atomic mass is 10.1. The number of carbonyl (C=O) groups excluding carboxylic acids is 1. The molecule has 31 heavy (non-hydrogen) atoms. The van der Waals surface area contributed by atoms with E-state index in [1.807, 2.05) is 0 Å². The number of benzene rings is 2. The van der Waals surface area contributed by atoms with Gasteiger partial charge in [-0.3, -0.25) is 4.79 Å². The Hall–Kier alpha value is -2.27. The fourth-order valence-electron chi connectivity index (χ4n) is 3.53. The molecule has 1 fully saturated rings. The van der Waals surface area contributed by atoms with Gasteiger partial charge in [0.1, 0.15) is 6.04 Å². The molecule has 3 rings (SSSR count). The molecule has 1 N–H and O–H groups in total.